The summed E-state index contributed by atoms with van der Waals surface area (Å²) < 4.78 is 29.9. The summed E-state index contributed by atoms with van der Waals surface area (Å²) in [5.41, 5.74) is -1.15. The molecule has 0 saturated carbocycles. The van der Waals surface area contributed by atoms with E-state index in [0.717, 1.165) is 0 Å². The van der Waals surface area contributed by atoms with Crippen LogP contribution in [0, 0.1) is 5.41 Å². The van der Waals surface area contributed by atoms with Gasteiger partial charge in [-0.1, -0.05) is 13.8 Å². The van der Waals surface area contributed by atoms with Crippen molar-refractivity contribution in [3.05, 3.63) is 0 Å². The predicted molar refractivity (Wildman–Crippen MR) is 69.1 cm³/mol. The smallest absolute Gasteiger partial charge is 0.322 e. The number of sulfonamides is 1. The van der Waals surface area contributed by atoms with Crippen molar-refractivity contribution in [2.24, 2.45) is 5.41 Å². The summed E-state index contributed by atoms with van der Waals surface area (Å²) in [5, 5.41) is 9.16. The second-order valence-electron chi connectivity index (χ2n) is 4.18. The largest absolute Gasteiger partial charge is 0.481 e. The highest BCUT2D eigenvalue weighted by Crippen LogP contribution is 2.25. The maximum atomic E-state index is 11.6. The van der Waals surface area contributed by atoms with Gasteiger partial charge in [0, 0.05) is 6.54 Å². The standard InChI is InChI=1S/C11H21NO6S/c1-4-11(5-2,10(14)15)8-12-19(16,17)7-9(13)18-6-3/h12H,4-8H2,1-3H3,(H,14,15). The molecule has 8 heteroatoms. The third kappa shape index (κ3) is 5.56. The van der Waals surface area contributed by atoms with Gasteiger partial charge < -0.3 is 9.84 Å². The average molecular weight is 295 g/mol. The number of carbonyl (C=O) groups excluding carboxylic acids is 1. The van der Waals surface area contributed by atoms with Crippen molar-refractivity contribution in [1.29, 1.82) is 0 Å². The lowest BCUT2D eigenvalue weighted by Gasteiger charge is -2.26. The molecule has 0 aromatic carbocycles. The molecule has 0 spiro atoms. The van der Waals surface area contributed by atoms with Gasteiger partial charge >= 0.3 is 11.9 Å². The van der Waals surface area contributed by atoms with E-state index in [9.17, 15) is 18.0 Å². The van der Waals surface area contributed by atoms with Gasteiger partial charge in [-0.2, -0.15) is 0 Å². The highest BCUT2D eigenvalue weighted by atomic mass is 32.2. The lowest BCUT2D eigenvalue weighted by Crippen LogP contribution is -2.43. The number of hydrogen-bond donors (Lipinski definition) is 2. The van der Waals surface area contributed by atoms with Crippen LogP contribution in [0.25, 0.3) is 0 Å². The molecule has 0 fully saturated rings. The van der Waals surface area contributed by atoms with Gasteiger partial charge in [0.1, 0.15) is 0 Å². The van der Waals surface area contributed by atoms with E-state index < -0.39 is 33.1 Å². The molecule has 0 aromatic heterocycles. The van der Waals surface area contributed by atoms with Gasteiger partial charge in [-0.05, 0) is 19.8 Å². The van der Waals surface area contributed by atoms with Crippen molar-refractivity contribution in [3.63, 3.8) is 0 Å². The van der Waals surface area contributed by atoms with E-state index >= 15 is 0 Å². The number of carboxylic acid groups (broad SMARTS) is 1. The number of aliphatic carboxylic acids is 1. The molecule has 0 unspecified atom stereocenters. The van der Waals surface area contributed by atoms with Crippen molar-refractivity contribution in [3.8, 4) is 0 Å². The third-order valence-electron chi connectivity index (χ3n) is 3.05. The molecule has 7 nitrogen and oxygen atoms in total. The van der Waals surface area contributed by atoms with Crippen molar-refractivity contribution in [1.82, 2.24) is 4.72 Å². The van der Waals surface area contributed by atoms with Crippen molar-refractivity contribution in [2.75, 3.05) is 18.9 Å². The SMILES string of the molecule is CCOC(=O)CS(=O)(=O)NCC(CC)(CC)C(=O)O. The normalized spacial score (nSPS) is 12.2. The van der Waals surface area contributed by atoms with E-state index in [1.807, 2.05) is 0 Å². The first-order valence-corrected chi connectivity index (χ1v) is 7.74. The summed E-state index contributed by atoms with van der Waals surface area (Å²) in [5.74, 6) is -2.72. The maximum absolute atomic E-state index is 11.6. The Morgan fingerprint density at radius 2 is 1.74 bits per heavy atom. The fraction of sp³-hybridized carbons (Fsp3) is 0.818. The van der Waals surface area contributed by atoms with E-state index in [0.29, 0.717) is 12.8 Å². The first kappa shape index (κ1) is 17.8. The molecule has 19 heavy (non-hydrogen) atoms. The van der Waals surface area contributed by atoms with Gasteiger partial charge in [-0.25, -0.2) is 13.1 Å². The van der Waals surface area contributed by atoms with E-state index in [4.69, 9.17) is 5.11 Å². The second kappa shape index (κ2) is 7.44. The first-order valence-electron chi connectivity index (χ1n) is 6.09. The predicted octanol–water partition coefficient (Wildman–Crippen LogP) is 0.360. The van der Waals surface area contributed by atoms with Gasteiger partial charge in [0.05, 0.1) is 12.0 Å². The summed E-state index contributed by atoms with van der Waals surface area (Å²) in [4.78, 5) is 22.3. The Hall–Kier alpha value is -1.15. The number of esters is 1. The Bertz CT molecular complexity index is 413. The summed E-state index contributed by atoms with van der Waals surface area (Å²) in [6.45, 7) is 4.78. The van der Waals surface area contributed by atoms with Crippen LogP contribution in [0.3, 0.4) is 0 Å². The van der Waals surface area contributed by atoms with Crippen molar-refractivity contribution >= 4 is 22.0 Å². The highest BCUT2D eigenvalue weighted by Gasteiger charge is 2.36. The summed E-state index contributed by atoms with van der Waals surface area (Å²) in [7, 11) is -3.88. The molecule has 0 saturated heterocycles. The van der Waals surface area contributed by atoms with Crippen LogP contribution in [0.4, 0.5) is 0 Å². The Morgan fingerprint density at radius 1 is 1.21 bits per heavy atom. The Morgan fingerprint density at radius 3 is 2.11 bits per heavy atom. The zero-order valence-corrected chi connectivity index (χ0v) is 12.2. The molecule has 112 valence electrons. The lowest BCUT2D eigenvalue weighted by molar-refractivity contribution is -0.149. The highest BCUT2D eigenvalue weighted by molar-refractivity contribution is 7.90. The Balaban J connectivity index is 4.68. The minimum absolute atomic E-state index is 0.0946. The fourth-order valence-electron chi connectivity index (χ4n) is 1.54. The monoisotopic (exact) mass is 295 g/mol. The van der Waals surface area contributed by atoms with Gasteiger partial charge in [-0.15, -0.1) is 0 Å². The number of rotatable bonds is 9. The first-order chi connectivity index (χ1) is 8.73. The van der Waals surface area contributed by atoms with Gasteiger partial charge in [-0.3, -0.25) is 9.59 Å². The van der Waals surface area contributed by atoms with Crippen LogP contribution in [-0.4, -0.2) is 44.4 Å². The summed E-state index contributed by atoms with van der Waals surface area (Å²) in [6.07, 6.45) is 0.585. The Kier molecular flexibility index (Phi) is 6.99. The van der Waals surface area contributed by atoms with E-state index in [1.54, 1.807) is 20.8 Å². The van der Waals surface area contributed by atoms with E-state index in [1.165, 1.54) is 0 Å². The van der Waals surface area contributed by atoms with Gasteiger partial charge in [0.25, 0.3) is 0 Å². The zero-order valence-electron chi connectivity index (χ0n) is 11.4. The fourth-order valence-corrected chi connectivity index (χ4v) is 2.53. The molecule has 0 heterocycles. The van der Waals surface area contributed by atoms with Crippen LogP contribution in [-0.2, 0) is 24.3 Å². The second-order valence-corrected chi connectivity index (χ2v) is 5.98. The lowest BCUT2D eigenvalue weighted by atomic mass is 9.83. The van der Waals surface area contributed by atoms with Crippen LogP contribution in [0.2, 0.25) is 0 Å². The number of carboxylic acids is 1. The van der Waals surface area contributed by atoms with E-state index in [2.05, 4.69) is 9.46 Å². The molecule has 0 bridgehead atoms. The molecule has 0 amide bonds. The van der Waals surface area contributed by atoms with Crippen LogP contribution < -0.4 is 4.72 Å². The number of carbonyl (C=O) groups is 2. The van der Waals surface area contributed by atoms with Crippen LogP contribution in [0.5, 0.6) is 0 Å². The molecular weight excluding hydrogens is 274 g/mol. The third-order valence-corrected chi connectivity index (χ3v) is 4.25. The van der Waals surface area contributed by atoms with Crippen LogP contribution in [0.1, 0.15) is 33.6 Å². The maximum Gasteiger partial charge on any atom is 0.322 e. The minimum Gasteiger partial charge on any atom is -0.481 e. The topological polar surface area (TPSA) is 110 Å². The van der Waals surface area contributed by atoms with Crippen molar-refractivity contribution < 1.29 is 27.9 Å². The van der Waals surface area contributed by atoms with Crippen LogP contribution in [0.15, 0.2) is 0 Å². The summed E-state index contributed by atoms with van der Waals surface area (Å²) >= 11 is 0. The molecular formula is C11H21NO6S. The molecule has 0 aromatic rings. The number of ether oxygens (including phenoxy) is 1. The molecule has 0 aliphatic rings. The molecule has 2 N–H and O–H groups in total. The molecule has 0 aliphatic heterocycles. The quantitative estimate of drug-likeness (QED) is 0.594. The minimum atomic E-state index is -3.88. The summed E-state index contributed by atoms with van der Waals surface area (Å²) in [6, 6.07) is 0. The van der Waals surface area contributed by atoms with E-state index in [-0.39, 0.29) is 13.2 Å². The number of hydrogen-bond acceptors (Lipinski definition) is 5. The molecule has 0 atom stereocenters. The molecule has 0 rings (SSSR count). The Labute approximate surface area is 113 Å². The van der Waals surface area contributed by atoms with Crippen LogP contribution >= 0.6 is 0 Å². The number of nitrogens with one attached hydrogen (secondary N) is 1. The average Bonchev–Trinajstić information content (AvgIpc) is 2.30. The zero-order chi connectivity index (χ0) is 15.1. The van der Waals surface area contributed by atoms with Crippen molar-refractivity contribution in [2.45, 2.75) is 33.6 Å². The molecule has 0 aliphatic carbocycles. The van der Waals surface area contributed by atoms with Gasteiger partial charge in [0.2, 0.25) is 10.0 Å². The van der Waals surface area contributed by atoms with Gasteiger partial charge in [0.15, 0.2) is 5.75 Å². The molecule has 0 radical (unpaired) electrons.